The van der Waals surface area contributed by atoms with E-state index in [4.69, 9.17) is 5.14 Å². The van der Waals surface area contributed by atoms with Gasteiger partial charge < -0.3 is 5.32 Å². The van der Waals surface area contributed by atoms with Crippen LogP contribution >= 0.6 is 0 Å². The fourth-order valence-corrected chi connectivity index (χ4v) is 3.56. The van der Waals surface area contributed by atoms with Gasteiger partial charge in [0.1, 0.15) is 0 Å². The molecular formula is C20H20N6O2S. The number of rotatable bonds is 5. The minimum Gasteiger partial charge on any atom is -0.324 e. The van der Waals surface area contributed by atoms with Crippen LogP contribution in [0.1, 0.15) is 25.3 Å². The van der Waals surface area contributed by atoms with Gasteiger partial charge in [0, 0.05) is 29.2 Å². The summed E-state index contributed by atoms with van der Waals surface area (Å²) in [5.41, 5.74) is 4.60. The van der Waals surface area contributed by atoms with E-state index in [1.165, 1.54) is 17.7 Å². The van der Waals surface area contributed by atoms with Crippen LogP contribution in [0.15, 0.2) is 66.0 Å². The Morgan fingerprint density at radius 1 is 1.10 bits per heavy atom. The Kier molecular flexibility index (Phi) is 4.77. The van der Waals surface area contributed by atoms with E-state index in [1.807, 2.05) is 29.0 Å². The average Bonchev–Trinajstić information content (AvgIpc) is 3.11. The minimum absolute atomic E-state index is 0.0489. The highest BCUT2D eigenvalue weighted by atomic mass is 32.2. The second-order valence-electron chi connectivity index (χ2n) is 6.96. The molecule has 0 radical (unpaired) electrons. The summed E-state index contributed by atoms with van der Waals surface area (Å²) in [4.78, 5) is 8.88. The lowest BCUT2D eigenvalue weighted by Gasteiger charge is -2.08. The van der Waals surface area contributed by atoms with Crippen LogP contribution in [0.3, 0.4) is 0 Å². The molecule has 0 fully saturated rings. The zero-order valence-corrected chi connectivity index (χ0v) is 16.8. The Labute approximate surface area is 168 Å². The van der Waals surface area contributed by atoms with Gasteiger partial charge in [0.05, 0.1) is 22.3 Å². The van der Waals surface area contributed by atoms with Crippen LogP contribution in [-0.2, 0) is 10.0 Å². The van der Waals surface area contributed by atoms with Gasteiger partial charge in [0.15, 0.2) is 0 Å². The molecular weight excluding hydrogens is 388 g/mol. The van der Waals surface area contributed by atoms with Crippen molar-refractivity contribution in [2.75, 3.05) is 5.32 Å². The molecule has 3 heterocycles. The van der Waals surface area contributed by atoms with Gasteiger partial charge in [0.2, 0.25) is 16.0 Å². The maximum atomic E-state index is 11.4. The van der Waals surface area contributed by atoms with E-state index in [9.17, 15) is 8.42 Å². The van der Waals surface area contributed by atoms with E-state index in [-0.39, 0.29) is 4.90 Å². The molecule has 148 valence electrons. The van der Waals surface area contributed by atoms with Gasteiger partial charge in [0.25, 0.3) is 0 Å². The van der Waals surface area contributed by atoms with Crippen LogP contribution in [0.4, 0.5) is 11.6 Å². The number of nitrogens with one attached hydrogen (secondary N) is 1. The highest BCUT2D eigenvalue weighted by Crippen LogP contribution is 2.25. The molecule has 0 spiro atoms. The third kappa shape index (κ3) is 3.96. The summed E-state index contributed by atoms with van der Waals surface area (Å²) in [5, 5.41) is 12.6. The average molecular weight is 408 g/mol. The predicted octanol–water partition coefficient (Wildman–Crippen LogP) is 3.31. The topological polar surface area (TPSA) is 115 Å². The fraction of sp³-hybridized carbons (Fsp3) is 0.150. The van der Waals surface area contributed by atoms with E-state index >= 15 is 0 Å². The highest BCUT2D eigenvalue weighted by Gasteiger charge is 2.11. The lowest BCUT2D eigenvalue weighted by atomic mass is 10.0. The Bertz CT molecular complexity index is 1280. The van der Waals surface area contributed by atoms with Crippen molar-refractivity contribution in [3.05, 3.63) is 66.6 Å². The molecule has 0 aliphatic carbocycles. The predicted molar refractivity (Wildman–Crippen MR) is 111 cm³/mol. The molecule has 3 aromatic heterocycles. The highest BCUT2D eigenvalue weighted by molar-refractivity contribution is 7.89. The summed E-state index contributed by atoms with van der Waals surface area (Å²) >= 11 is 0. The second kappa shape index (κ2) is 7.26. The molecule has 3 N–H and O–H groups in total. The largest absolute Gasteiger partial charge is 0.324 e. The third-order valence-corrected chi connectivity index (χ3v) is 5.49. The molecule has 29 heavy (non-hydrogen) atoms. The lowest BCUT2D eigenvalue weighted by molar-refractivity contribution is 0.598. The maximum Gasteiger partial charge on any atom is 0.238 e. The SMILES string of the molecule is CC(C)c1cnn2ccc(-c3ccnc(Nc4ccc(S(N)(=O)=O)cc4)n3)cc12. The molecule has 0 bridgehead atoms. The number of hydrogen-bond donors (Lipinski definition) is 2. The van der Waals surface area contributed by atoms with Crippen molar-refractivity contribution in [3.8, 4) is 11.3 Å². The maximum absolute atomic E-state index is 11.4. The molecule has 0 aliphatic rings. The van der Waals surface area contributed by atoms with Gasteiger partial charge in [-0.1, -0.05) is 13.8 Å². The molecule has 1 aromatic carbocycles. The van der Waals surface area contributed by atoms with Crippen LogP contribution in [0, 0.1) is 0 Å². The molecule has 8 nitrogen and oxygen atoms in total. The quantitative estimate of drug-likeness (QED) is 0.523. The summed E-state index contributed by atoms with van der Waals surface area (Å²) in [6.07, 6.45) is 5.48. The molecule has 4 aromatic rings. The first kappa shape index (κ1) is 19.0. The number of pyridine rings is 1. The molecule has 0 saturated carbocycles. The van der Waals surface area contributed by atoms with Crippen molar-refractivity contribution < 1.29 is 8.42 Å². The van der Waals surface area contributed by atoms with E-state index in [1.54, 1.807) is 18.3 Å². The summed E-state index contributed by atoms with van der Waals surface area (Å²) < 4.78 is 24.6. The second-order valence-corrected chi connectivity index (χ2v) is 8.52. The number of fused-ring (bicyclic) bond motifs is 1. The first-order valence-corrected chi connectivity index (χ1v) is 10.6. The zero-order chi connectivity index (χ0) is 20.6. The van der Waals surface area contributed by atoms with Crippen LogP contribution in [0.2, 0.25) is 0 Å². The molecule has 4 rings (SSSR count). The van der Waals surface area contributed by atoms with Crippen molar-refractivity contribution in [1.82, 2.24) is 19.6 Å². The molecule has 9 heteroatoms. The number of benzene rings is 1. The van der Waals surface area contributed by atoms with Crippen LogP contribution < -0.4 is 10.5 Å². The van der Waals surface area contributed by atoms with E-state index in [0.717, 1.165) is 16.8 Å². The zero-order valence-electron chi connectivity index (χ0n) is 15.9. The van der Waals surface area contributed by atoms with Gasteiger partial charge in [-0.25, -0.2) is 28.0 Å². The first-order chi connectivity index (χ1) is 13.8. The number of aromatic nitrogens is 4. The molecule has 0 unspecified atom stereocenters. The van der Waals surface area contributed by atoms with Crippen molar-refractivity contribution in [3.63, 3.8) is 0 Å². The van der Waals surface area contributed by atoms with Crippen molar-refractivity contribution >= 4 is 27.2 Å². The standard InChI is InChI=1S/C20H20N6O2S/c1-13(2)17-12-23-26-10-8-14(11-19(17)26)18-7-9-22-20(25-18)24-15-3-5-16(6-4-15)29(21,27)28/h3-13H,1-2H3,(H2,21,27,28)(H,22,24,25). The lowest BCUT2D eigenvalue weighted by Crippen LogP contribution is -2.11. The number of sulfonamides is 1. The van der Waals surface area contributed by atoms with E-state index in [0.29, 0.717) is 17.6 Å². The summed E-state index contributed by atoms with van der Waals surface area (Å²) in [7, 11) is -3.72. The van der Waals surface area contributed by atoms with Gasteiger partial charge in [-0.2, -0.15) is 5.10 Å². The summed E-state index contributed by atoms with van der Waals surface area (Å²) in [6.45, 7) is 4.27. The van der Waals surface area contributed by atoms with Gasteiger partial charge in [-0.05, 0) is 48.4 Å². The van der Waals surface area contributed by atoms with E-state index in [2.05, 4.69) is 40.3 Å². The summed E-state index contributed by atoms with van der Waals surface area (Å²) in [6, 6.07) is 12.0. The number of nitrogens with two attached hydrogens (primary N) is 1. The Morgan fingerprint density at radius 3 is 2.55 bits per heavy atom. The van der Waals surface area contributed by atoms with Crippen LogP contribution in [0.5, 0.6) is 0 Å². The molecule has 0 amide bonds. The summed E-state index contributed by atoms with van der Waals surface area (Å²) in [5.74, 6) is 0.772. The van der Waals surface area contributed by atoms with Crippen molar-refractivity contribution in [2.24, 2.45) is 5.14 Å². The Morgan fingerprint density at radius 2 is 1.86 bits per heavy atom. The normalized spacial score (nSPS) is 11.9. The Balaban J connectivity index is 1.64. The number of anilines is 2. The van der Waals surface area contributed by atoms with E-state index < -0.39 is 10.0 Å². The molecule has 0 aliphatic heterocycles. The minimum atomic E-state index is -3.72. The smallest absolute Gasteiger partial charge is 0.238 e. The first-order valence-electron chi connectivity index (χ1n) is 9.02. The monoisotopic (exact) mass is 408 g/mol. The van der Waals surface area contributed by atoms with Crippen LogP contribution in [-0.4, -0.2) is 28.0 Å². The molecule has 0 atom stereocenters. The molecule has 0 saturated heterocycles. The van der Waals surface area contributed by atoms with Gasteiger partial charge in [-0.15, -0.1) is 0 Å². The van der Waals surface area contributed by atoms with Crippen molar-refractivity contribution in [1.29, 1.82) is 0 Å². The van der Waals surface area contributed by atoms with Gasteiger partial charge in [-0.3, -0.25) is 0 Å². The number of primary sulfonamides is 1. The van der Waals surface area contributed by atoms with Crippen LogP contribution in [0.25, 0.3) is 16.8 Å². The number of hydrogen-bond acceptors (Lipinski definition) is 6. The third-order valence-electron chi connectivity index (χ3n) is 4.56. The number of nitrogens with zero attached hydrogens (tertiary/aromatic N) is 4. The fourth-order valence-electron chi connectivity index (χ4n) is 3.04. The van der Waals surface area contributed by atoms with Crippen molar-refractivity contribution in [2.45, 2.75) is 24.7 Å². The Hall–Kier alpha value is -3.30. The van der Waals surface area contributed by atoms with Gasteiger partial charge >= 0.3 is 0 Å².